The second-order valence-electron chi connectivity index (χ2n) is 4.74. The monoisotopic (exact) mass is 337 g/mol. The van der Waals surface area contributed by atoms with E-state index in [4.69, 9.17) is 0 Å². The van der Waals surface area contributed by atoms with E-state index in [9.17, 15) is 13.2 Å². The smallest absolute Gasteiger partial charge is 0.406 e. The van der Waals surface area contributed by atoms with Gasteiger partial charge in [0, 0.05) is 18.4 Å². The molecule has 0 spiro atoms. The van der Waals surface area contributed by atoms with Crippen LogP contribution in [0.2, 0.25) is 0 Å². The van der Waals surface area contributed by atoms with Crippen molar-refractivity contribution < 1.29 is 17.9 Å². The highest BCUT2D eigenvalue weighted by atomic mass is 79.9. The molecule has 1 aromatic carbocycles. The van der Waals surface area contributed by atoms with Gasteiger partial charge in [0.15, 0.2) is 0 Å². The van der Waals surface area contributed by atoms with E-state index in [2.05, 4.69) is 25.6 Å². The van der Waals surface area contributed by atoms with Crippen LogP contribution in [-0.2, 0) is 6.54 Å². The minimum Gasteiger partial charge on any atom is -0.406 e. The van der Waals surface area contributed by atoms with Crippen molar-refractivity contribution in [3.05, 3.63) is 29.8 Å². The van der Waals surface area contributed by atoms with Gasteiger partial charge in [-0.3, -0.25) is 4.90 Å². The molecule has 19 heavy (non-hydrogen) atoms. The Morgan fingerprint density at radius 2 is 1.95 bits per heavy atom. The number of nitrogens with zero attached hydrogens (tertiary/aromatic N) is 1. The average molecular weight is 338 g/mol. The molecule has 1 unspecified atom stereocenters. The molecule has 1 atom stereocenters. The molecule has 1 heterocycles. The molecule has 2 nitrogen and oxygen atoms in total. The minimum absolute atomic E-state index is 0.170. The Bertz CT molecular complexity index is 407. The lowest BCUT2D eigenvalue weighted by atomic mass is 10.2. The first-order valence-corrected chi connectivity index (χ1v) is 7.21. The first-order chi connectivity index (χ1) is 8.96. The van der Waals surface area contributed by atoms with Crippen molar-refractivity contribution in [2.45, 2.75) is 19.3 Å². The summed E-state index contributed by atoms with van der Waals surface area (Å²) in [5, 5.41) is 1.00. The fourth-order valence-electron chi connectivity index (χ4n) is 2.24. The van der Waals surface area contributed by atoms with Crippen molar-refractivity contribution in [2.75, 3.05) is 18.4 Å². The molecule has 0 saturated carbocycles. The summed E-state index contributed by atoms with van der Waals surface area (Å²) in [5.41, 5.74) is 1.00. The molecule has 0 amide bonds. The molecule has 1 fully saturated rings. The van der Waals surface area contributed by atoms with Gasteiger partial charge >= 0.3 is 6.36 Å². The molecular weight excluding hydrogens is 323 g/mol. The zero-order valence-corrected chi connectivity index (χ0v) is 11.9. The quantitative estimate of drug-likeness (QED) is 0.775. The molecule has 6 heteroatoms. The largest absolute Gasteiger partial charge is 0.573 e. The van der Waals surface area contributed by atoms with Gasteiger partial charge in [0.05, 0.1) is 0 Å². The number of rotatable bonds is 4. The molecule has 106 valence electrons. The van der Waals surface area contributed by atoms with Crippen molar-refractivity contribution in [1.29, 1.82) is 0 Å². The topological polar surface area (TPSA) is 12.5 Å². The van der Waals surface area contributed by atoms with Crippen LogP contribution in [0, 0.1) is 5.92 Å². The lowest BCUT2D eigenvalue weighted by molar-refractivity contribution is -0.274. The van der Waals surface area contributed by atoms with Gasteiger partial charge in [-0.25, -0.2) is 0 Å². The summed E-state index contributed by atoms with van der Waals surface area (Å²) >= 11 is 3.48. The summed E-state index contributed by atoms with van der Waals surface area (Å²) in [4.78, 5) is 2.31. The van der Waals surface area contributed by atoms with Crippen LogP contribution in [-0.4, -0.2) is 29.7 Å². The Morgan fingerprint density at radius 1 is 1.26 bits per heavy atom. The normalized spacial score (nSPS) is 20.7. The zero-order chi connectivity index (χ0) is 13.9. The van der Waals surface area contributed by atoms with E-state index in [-0.39, 0.29) is 5.75 Å². The molecule has 0 bridgehead atoms. The highest BCUT2D eigenvalue weighted by molar-refractivity contribution is 9.09. The number of hydrogen-bond donors (Lipinski definition) is 0. The van der Waals surface area contributed by atoms with Gasteiger partial charge in [-0.05, 0) is 36.6 Å². The fraction of sp³-hybridized carbons (Fsp3) is 0.538. The summed E-state index contributed by atoms with van der Waals surface area (Å²) in [6.45, 7) is 2.85. The van der Waals surface area contributed by atoms with Crippen LogP contribution in [0.1, 0.15) is 12.0 Å². The average Bonchev–Trinajstić information content (AvgIpc) is 2.77. The predicted molar refractivity (Wildman–Crippen MR) is 70.3 cm³/mol. The number of alkyl halides is 4. The third-order valence-corrected chi connectivity index (χ3v) is 4.07. The molecule has 0 radical (unpaired) electrons. The van der Waals surface area contributed by atoms with E-state index < -0.39 is 6.36 Å². The molecule has 0 aromatic heterocycles. The summed E-state index contributed by atoms with van der Waals surface area (Å²) in [6.07, 6.45) is -3.46. The minimum atomic E-state index is -4.63. The molecule has 1 aliphatic rings. The van der Waals surface area contributed by atoms with Crippen LogP contribution >= 0.6 is 15.9 Å². The van der Waals surface area contributed by atoms with E-state index in [1.165, 1.54) is 18.6 Å². The van der Waals surface area contributed by atoms with E-state index in [1.54, 1.807) is 12.1 Å². The standard InChI is InChI=1S/C13H15BrF3NO/c14-7-11-5-6-18(9-11)8-10-1-3-12(4-2-10)19-13(15,16)17/h1-4,11H,5-9H2. The molecule has 0 N–H and O–H groups in total. The fourth-order valence-corrected chi connectivity index (χ4v) is 2.77. The van der Waals surface area contributed by atoms with Crippen LogP contribution in [0.15, 0.2) is 24.3 Å². The van der Waals surface area contributed by atoms with Crippen LogP contribution < -0.4 is 4.74 Å². The van der Waals surface area contributed by atoms with Crippen LogP contribution in [0.4, 0.5) is 13.2 Å². The van der Waals surface area contributed by atoms with E-state index in [1.807, 2.05) is 0 Å². The first-order valence-electron chi connectivity index (χ1n) is 6.09. The van der Waals surface area contributed by atoms with Crippen molar-refractivity contribution in [2.24, 2.45) is 5.92 Å². The number of hydrogen-bond acceptors (Lipinski definition) is 2. The van der Waals surface area contributed by atoms with Crippen molar-refractivity contribution >= 4 is 15.9 Å². The third-order valence-electron chi connectivity index (χ3n) is 3.15. The Labute approximate surface area is 118 Å². The van der Waals surface area contributed by atoms with Gasteiger partial charge in [0.2, 0.25) is 0 Å². The molecule has 1 aromatic rings. The second kappa shape index (κ2) is 6.13. The molecule has 0 aliphatic carbocycles. The summed E-state index contributed by atoms with van der Waals surface area (Å²) < 4.78 is 39.9. The number of halogens is 4. The van der Waals surface area contributed by atoms with Gasteiger partial charge < -0.3 is 4.74 Å². The number of ether oxygens (including phenoxy) is 1. The molecule has 1 aliphatic heterocycles. The lowest BCUT2D eigenvalue weighted by Gasteiger charge is -2.16. The summed E-state index contributed by atoms with van der Waals surface area (Å²) in [5.74, 6) is 0.504. The second-order valence-corrected chi connectivity index (χ2v) is 5.38. The Balaban J connectivity index is 1.89. The first kappa shape index (κ1) is 14.7. The summed E-state index contributed by atoms with van der Waals surface area (Å²) in [6, 6.07) is 6.09. The van der Waals surface area contributed by atoms with Gasteiger partial charge in [-0.15, -0.1) is 13.2 Å². The van der Waals surface area contributed by atoms with Gasteiger partial charge in [0.25, 0.3) is 0 Å². The van der Waals surface area contributed by atoms with Crippen LogP contribution in [0.3, 0.4) is 0 Å². The summed E-state index contributed by atoms with van der Waals surface area (Å²) in [7, 11) is 0. The van der Waals surface area contributed by atoms with Crippen molar-refractivity contribution in [3.8, 4) is 5.75 Å². The highest BCUT2D eigenvalue weighted by Gasteiger charge is 2.31. The highest BCUT2D eigenvalue weighted by Crippen LogP contribution is 2.24. The third kappa shape index (κ3) is 4.69. The van der Waals surface area contributed by atoms with Gasteiger partial charge in [-0.1, -0.05) is 28.1 Å². The van der Waals surface area contributed by atoms with Gasteiger partial charge in [-0.2, -0.15) is 0 Å². The zero-order valence-electron chi connectivity index (χ0n) is 10.3. The van der Waals surface area contributed by atoms with E-state index in [0.717, 1.165) is 30.5 Å². The van der Waals surface area contributed by atoms with Crippen molar-refractivity contribution in [3.63, 3.8) is 0 Å². The molecular formula is C13H15BrF3NO. The molecule has 2 rings (SSSR count). The maximum absolute atomic E-state index is 12.0. The Hall–Kier alpha value is -0.750. The lowest BCUT2D eigenvalue weighted by Crippen LogP contribution is -2.20. The van der Waals surface area contributed by atoms with E-state index in [0.29, 0.717) is 5.92 Å². The number of likely N-dealkylation sites (tertiary alicyclic amines) is 1. The maximum Gasteiger partial charge on any atom is 0.573 e. The van der Waals surface area contributed by atoms with Crippen LogP contribution in [0.5, 0.6) is 5.75 Å². The van der Waals surface area contributed by atoms with E-state index >= 15 is 0 Å². The Kier molecular flexibility index (Phi) is 4.73. The van der Waals surface area contributed by atoms with Crippen LogP contribution in [0.25, 0.3) is 0 Å². The number of benzene rings is 1. The Morgan fingerprint density at radius 3 is 2.47 bits per heavy atom. The predicted octanol–water partition coefficient (Wildman–Crippen LogP) is 3.80. The SMILES string of the molecule is FC(F)(F)Oc1ccc(CN2CCC(CBr)C2)cc1. The van der Waals surface area contributed by atoms with Gasteiger partial charge in [0.1, 0.15) is 5.75 Å². The maximum atomic E-state index is 12.0. The molecule has 1 saturated heterocycles. The van der Waals surface area contributed by atoms with Crippen molar-refractivity contribution in [1.82, 2.24) is 4.90 Å².